The summed E-state index contributed by atoms with van der Waals surface area (Å²) in [5.41, 5.74) is 22.8. The van der Waals surface area contributed by atoms with Gasteiger partial charge in [-0.25, -0.2) is 0 Å². The third-order valence-corrected chi connectivity index (χ3v) is 25.6. The maximum atomic E-state index is 2.73. The Morgan fingerprint density at radius 1 is 0.281 bits per heavy atom. The first kappa shape index (κ1) is 53.4. The molecular weight excluding hydrogens is 1070 g/mol. The van der Waals surface area contributed by atoms with Gasteiger partial charge in [-0.3, -0.25) is 0 Å². The summed E-state index contributed by atoms with van der Waals surface area (Å²) < 4.78 is 0. The molecule has 89 heavy (non-hydrogen) atoms. The molecule has 3 aliphatic carbocycles. The van der Waals surface area contributed by atoms with Crippen molar-refractivity contribution in [3.8, 4) is 44.5 Å². The van der Waals surface area contributed by atoms with Gasteiger partial charge in [-0.2, -0.15) is 0 Å². The molecular formula is C86H79N3. The van der Waals surface area contributed by atoms with Crippen molar-refractivity contribution in [3.63, 3.8) is 0 Å². The summed E-state index contributed by atoms with van der Waals surface area (Å²) in [6, 6.07) is 87.7. The molecule has 3 aliphatic heterocycles. The third-order valence-electron chi connectivity index (χ3n) is 25.6. The molecule has 0 spiro atoms. The fourth-order valence-corrected chi connectivity index (χ4v) is 20.0. The van der Waals surface area contributed by atoms with E-state index in [-0.39, 0.29) is 32.9 Å². The van der Waals surface area contributed by atoms with Crippen LogP contribution in [0.5, 0.6) is 0 Å². The van der Waals surface area contributed by atoms with Crippen LogP contribution < -0.4 is 14.7 Å². The molecule has 3 nitrogen and oxygen atoms in total. The fourth-order valence-electron chi connectivity index (χ4n) is 20.0. The SMILES string of the molecule is CC1(C)CCC2c3cc(-c4cc(-c5ccc6c(c5)C5CCC(C)(C)C5(C)N6c5ccccc5)c5ccc6c(-c7cccc8ccccc78)cc(-c7ccc8c(c7)C7CCC(C)(C)C7(C)N8c7ccccc7)c7ccc4c5c76)ccc3N(c3ccccc3)C21C. The van der Waals surface area contributed by atoms with Gasteiger partial charge in [0.25, 0.3) is 0 Å². The van der Waals surface area contributed by atoms with E-state index in [1.165, 1.54) is 177 Å². The van der Waals surface area contributed by atoms with Gasteiger partial charge in [0, 0.05) is 51.9 Å². The molecule has 6 unspecified atom stereocenters. The third kappa shape index (κ3) is 6.90. The number of para-hydroxylation sites is 3. The van der Waals surface area contributed by atoms with Gasteiger partial charge in [0.15, 0.2) is 0 Å². The summed E-state index contributed by atoms with van der Waals surface area (Å²) >= 11 is 0. The van der Waals surface area contributed by atoms with Gasteiger partial charge in [-0.1, -0.05) is 181 Å². The maximum absolute atomic E-state index is 2.73. The molecule has 3 fully saturated rings. The van der Waals surface area contributed by atoms with Gasteiger partial charge in [0.1, 0.15) is 0 Å². The molecule has 6 atom stereocenters. The van der Waals surface area contributed by atoms with E-state index < -0.39 is 0 Å². The predicted molar refractivity (Wildman–Crippen MR) is 378 cm³/mol. The molecule has 438 valence electrons. The van der Waals surface area contributed by atoms with Gasteiger partial charge in [0.2, 0.25) is 0 Å². The first-order chi connectivity index (χ1) is 43.0. The predicted octanol–water partition coefficient (Wildman–Crippen LogP) is 23.8. The average molecular weight is 1150 g/mol. The monoisotopic (exact) mass is 1150 g/mol. The van der Waals surface area contributed by atoms with E-state index >= 15 is 0 Å². The summed E-state index contributed by atoms with van der Waals surface area (Å²) in [6.07, 6.45) is 7.08. The van der Waals surface area contributed by atoms with Crippen LogP contribution in [0.25, 0.3) is 87.6 Å². The second-order valence-electron chi connectivity index (χ2n) is 30.2. The highest BCUT2D eigenvalue weighted by Crippen LogP contribution is 2.69. The normalized spacial score (nSPS) is 24.9. The molecule has 0 amide bonds. The van der Waals surface area contributed by atoms with E-state index in [0.29, 0.717) is 17.8 Å². The molecule has 12 aromatic carbocycles. The lowest BCUT2D eigenvalue weighted by atomic mass is 9.72. The van der Waals surface area contributed by atoms with Crippen LogP contribution >= 0.6 is 0 Å². The van der Waals surface area contributed by atoms with Crippen molar-refractivity contribution in [2.24, 2.45) is 16.2 Å². The van der Waals surface area contributed by atoms with Gasteiger partial charge < -0.3 is 14.7 Å². The van der Waals surface area contributed by atoms with Crippen LogP contribution in [-0.2, 0) is 0 Å². The molecule has 0 aromatic heterocycles. The van der Waals surface area contributed by atoms with Crippen molar-refractivity contribution in [2.45, 2.75) is 135 Å². The number of benzene rings is 12. The lowest BCUT2D eigenvalue weighted by Gasteiger charge is -2.47. The summed E-state index contributed by atoms with van der Waals surface area (Å²) in [5, 5.41) is 10.5. The van der Waals surface area contributed by atoms with Crippen molar-refractivity contribution >= 4 is 77.2 Å². The Balaban J connectivity index is 0.920. The summed E-state index contributed by atoms with van der Waals surface area (Å²) in [7, 11) is 0. The van der Waals surface area contributed by atoms with E-state index in [1.54, 1.807) is 0 Å². The van der Waals surface area contributed by atoms with Gasteiger partial charge in [-0.05, 0) is 265 Å². The van der Waals surface area contributed by atoms with Gasteiger partial charge in [-0.15, -0.1) is 0 Å². The summed E-state index contributed by atoms with van der Waals surface area (Å²) in [5.74, 6) is 1.19. The number of hydrogen-bond donors (Lipinski definition) is 0. The molecule has 0 N–H and O–H groups in total. The highest BCUT2D eigenvalue weighted by atomic mass is 15.3. The molecule has 12 aromatic rings. The molecule has 0 radical (unpaired) electrons. The van der Waals surface area contributed by atoms with Crippen molar-refractivity contribution in [2.75, 3.05) is 14.7 Å². The van der Waals surface area contributed by atoms with Crippen molar-refractivity contribution < 1.29 is 0 Å². The van der Waals surface area contributed by atoms with Crippen LogP contribution in [0.1, 0.15) is 135 Å². The number of fused-ring (bicyclic) bond motifs is 10. The molecule has 6 aliphatic rings. The Morgan fingerprint density at radius 2 is 0.607 bits per heavy atom. The molecule has 3 heterocycles. The minimum absolute atomic E-state index is 0.0765. The molecule has 3 saturated carbocycles. The first-order valence-corrected chi connectivity index (χ1v) is 33.3. The van der Waals surface area contributed by atoms with E-state index in [0.717, 1.165) is 0 Å². The number of anilines is 6. The quantitative estimate of drug-likeness (QED) is 0.147. The highest BCUT2D eigenvalue weighted by molar-refractivity contribution is 6.32. The smallest absolute Gasteiger partial charge is 0.0543 e. The lowest BCUT2D eigenvalue weighted by molar-refractivity contribution is 0.222. The second kappa shape index (κ2) is 18.3. The Morgan fingerprint density at radius 3 is 0.989 bits per heavy atom. The standard InChI is InChI=1S/C86H79N3/c1-81(2)45-42-73-70-48-54(32-39-76(70)87(84(73,81)7)57-24-13-10-14-25-57)66-51-67(55-33-40-77-71(49-55)74-43-46-82(3,4)85(74,8)88(77)58-26-15-11-16-27-58)63-37-38-65-69(61-31-21-23-53-22-19-20-30-60(53)61)52-68(64-36-35-62(66)79(63)80(64)65)56-34-41-78-72(50-56)75-44-47-83(5,6)86(75,9)89(78)59-28-17-12-18-29-59/h10-41,48-52,73-75H,42-47H2,1-9H3. The van der Waals surface area contributed by atoms with Gasteiger partial charge >= 0.3 is 0 Å². The zero-order valence-electron chi connectivity index (χ0n) is 53.2. The Labute approximate surface area is 526 Å². The largest absolute Gasteiger partial charge is 0.334 e. The number of nitrogens with zero attached hydrogens (tertiary/aromatic N) is 3. The van der Waals surface area contributed by atoms with Crippen LogP contribution in [0.4, 0.5) is 34.1 Å². The van der Waals surface area contributed by atoms with Crippen LogP contribution in [0, 0.1) is 16.2 Å². The minimum Gasteiger partial charge on any atom is -0.334 e. The topological polar surface area (TPSA) is 9.72 Å². The second-order valence-corrected chi connectivity index (χ2v) is 30.2. The van der Waals surface area contributed by atoms with E-state index in [2.05, 4.69) is 301 Å². The summed E-state index contributed by atoms with van der Waals surface area (Å²) in [6.45, 7) is 22.8. The first-order valence-electron chi connectivity index (χ1n) is 33.3. The highest BCUT2D eigenvalue weighted by Gasteiger charge is 2.63. The van der Waals surface area contributed by atoms with Crippen LogP contribution in [-0.4, -0.2) is 16.6 Å². The van der Waals surface area contributed by atoms with Crippen LogP contribution in [0.15, 0.2) is 224 Å². The lowest BCUT2D eigenvalue weighted by Crippen LogP contribution is -2.50. The van der Waals surface area contributed by atoms with Crippen molar-refractivity contribution in [3.05, 3.63) is 241 Å². The average Bonchev–Trinajstić information content (AvgIpc) is 1.69. The van der Waals surface area contributed by atoms with Crippen LogP contribution in [0.2, 0.25) is 0 Å². The Hall–Kier alpha value is -8.66. The van der Waals surface area contributed by atoms with E-state index in [9.17, 15) is 0 Å². The molecule has 18 rings (SSSR count). The fraction of sp³-hybridized carbons (Fsp3) is 0.279. The van der Waals surface area contributed by atoms with E-state index in [4.69, 9.17) is 0 Å². The number of hydrogen-bond acceptors (Lipinski definition) is 3. The minimum atomic E-state index is -0.0805. The number of rotatable bonds is 7. The zero-order chi connectivity index (χ0) is 60.3. The maximum Gasteiger partial charge on any atom is 0.0543 e. The zero-order valence-corrected chi connectivity index (χ0v) is 53.2. The van der Waals surface area contributed by atoms with Gasteiger partial charge in [0.05, 0.1) is 16.6 Å². The molecule has 3 heteroatoms. The molecule has 0 saturated heterocycles. The molecule has 0 bridgehead atoms. The van der Waals surface area contributed by atoms with E-state index in [1.807, 2.05) is 0 Å². The van der Waals surface area contributed by atoms with Crippen LogP contribution in [0.3, 0.4) is 0 Å². The Bertz CT molecular complexity index is 4770. The van der Waals surface area contributed by atoms with Crippen molar-refractivity contribution in [1.29, 1.82) is 0 Å². The van der Waals surface area contributed by atoms with Crippen molar-refractivity contribution in [1.82, 2.24) is 0 Å². The summed E-state index contributed by atoms with van der Waals surface area (Å²) in [4.78, 5) is 8.17. The Kier molecular flexibility index (Phi) is 10.9.